The Labute approximate surface area is 252 Å². The number of para-hydroxylation sites is 1. The molecule has 1 saturated carbocycles. The van der Waals surface area contributed by atoms with Gasteiger partial charge in [0.25, 0.3) is 0 Å². The van der Waals surface area contributed by atoms with Crippen LogP contribution in [0.1, 0.15) is 53.1 Å². The van der Waals surface area contributed by atoms with Crippen LogP contribution in [-0.4, -0.2) is 58.4 Å². The first-order valence-electron chi connectivity index (χ1n) is 14.7. The molecule has 228 valence electrons. The third kappa shape index (κ3) is 5.86. The van der Waals surface area contributed by atoms with Gasteiger partial charge in [-0.25, -0.2) is 4.79 Å². The van der Waals surface area contributed by atoms with Crippen molar-refractivity contribution in [2.45, 2.75) is 43.2 Å². The van der Waals surface area contributed by atoms with E-state index in [-0.39, 0.29) is 11.8 Å². The molecular formula is C34H33F3N4O3. The van der Waals surface area contributed by atoms with E-state index in [2.05, 4.69) is 88.1 Å². The van der Waals surface area contributed by atoms with Crippen molar-refractivity contribution in [3.8, 4) is 0 Å². The lowest BCUT2D eigenvalue weighted by molar-refractivity contribution is -0.192. The Hall–Kier alpha value is -4.44. The van der Waals surface area contributed by atoms with Crippen molar-refractivity contribution in [3.05, 3.63) is 94.7 Å². The minimum atomic E-state index is -5.08. The quantitative estimate of drug-likeness (QED) is 0.238. The normalized spacial score (nSPS) is 21.7. The van der Waals surface area contributed by atoms with E-state index in [0.29, 0.717) is 0 Å². The summed E-state index contributed by atoms with van der Waals surface area (Å²) in [4.78, 5) is 24.2. The second-order valence-electron chi connectivity index (χ2n) is 12.0. The summed E-state index contributed by atoms with van der Waals surface area (Å²) >= 11 is 0. The molecule has 1 spiro atoms. The van der Waals surface area contributed by atoms with E-state index >= 15 is 0 Å². The van der Waals surface area contributed by atoms with Crippen LogP contribution in [-0.2, 0) is 21.4 Å². The lowest BCUT2D eigenvalue weighted by atomic mass is 9.90. The molecule has 2 fully saturated rings. The summed E-state index contributed by atoms with van der Waals surface area (Å²) in [5.74, 6) is -1.62. The molecular weight excluding hydrogens is 569 g/mol. The number of aliphatic carboxylic acids is 1. The van der Waals surface area contributed by atoms with E-state index in [9.17, 15) is 18.0 Å². The minimum absolute atomic E-state index is 0.129. The number of aromatic amines is 1. The molecule has 3 N–H and O–H groups in total. The summed E-state index contributed by atoms with van der Waals surface area (Å²) in [6, 6.07) is 23.5. The van der Waals surface area contributed by atoms with E-state index in [1.165, 1.54) is 49.0 Å². The van der Waals surface area contributed by atoms with Gasteiger partial charge in [0, 0.05) is 17.0 Å². The molecule has 1 amide bonds. The summed E-state index contributed by atoms with van der Waals surface area (Å²) in [5, 5.41) is 19.1. The smallest absolute Gasteiger partial charge is 0.475 e. The minimum Gasteiger partial charge on any atom is -0.475 e. The topological polar surface area (TPSA) is 98.3 Å². The number of piperidine rings is 1. The van der Waals surface area contributed by atoms with Crippen LogP contribution in [0.4, 0.5) is 18.9 Å². The summed E-state index contributed by atoms with van der Waals surface area (Å²) in [5.41, 5.74) is 7.44. The monoisotopic (exact) mass is 602 g/mol. The molecule has 7 nitrogen and oxygen atoms in total. The fourth-order valence-electron chi connectivity index (χ4n) is 6.49. The van der Waals surface area contributed by atoms with Crippen molar-refractivity contribution in [3.63, 3.8) is 0 Å². The Balaban J connectivity index is 0.000000441. The van der Waals surface area contributed by atoms with Crippen molar-refractivity contribution >= 4 is 40.6 Å². The number of fused-ring (bicyclic) bond motifs is 3. The first-order valence-corrected chi connectivity index (χ1v) is 14.7. The second-order valence-corrected chi connectivity index (χ2v) is 12.0. The van der Waals surface area contributed by atoms with Crippen LogP contribution >= 0.6 is 0 Å². The van der Waals surface area contributed by atoms with Crippen LogP contribution in [0.15, 0.2) is 66.7 Å². The van der Waals surface area contributed by atoms with Crippen LogP contribution in [0.5, 0.6) is 0 Å². The Morgan fingerprint density at radius 1 is 1.07 bits per heavy atom. The number of benzene rings is 3. The molecule has 0 radical (unpaired) electrons. The molecule has 44 heavy (non-hydrogen) atoms. The summed E-state index contributed by atoms with van der Waals surface area (Å²) in [6.07, 6.45) is 3.78. The van der Waals surface area contributed by atoms with Crippen molar-refractivity contribution in [2.75, 3.05) is 25.5 Å². The number of hydrogen-bond acceptors (Lipinski definition) is 4. The lowest BCUT2D eigenvalue weighted by Crippen LogP contribution is -2.30. The van der Waals surface area contributed by atoms with E-state index in [1.807, 2.05) is 18.2 Å². The largest absolute Gasteiger partial charge is 0.490 e. The Morgan fingerprint density at radius 2 is 1.77 bits per heavy atom. The predicted molar refractivity (Wildman–Crippen MR) is 163 cm³/mol. The molecule has 0 unspecified atom stereocenters. The van der Waals surface area contributed by atoms with Gasteiger partial charge in [-0.3, -0.25) is 9.89 Å². The lowest BCUT2D eigenvalue weighted by Gasteiger charge is -2.28. The molecule has 4 aromatic rings. The third-order valence-electron chi connectivity index (χ3n) is 9.06. The number of nitrogens with one attached hydrogen (secondary N) is 2. The molecule has 2 atom stereocenters. The standard InChI is InChI=1S/C32H32N4O.C2HF3O2/c1-36-16-14-23(15-17-36)18-22-8-6-21(7-9-22)10-13-28-25-12-11-24(19-30(25)35-34-28)27-20-32(27)26-4-2-3-5-29(26)33-31(32)37;3-2(4,5)1(6)7/h2-13,19,23,27H,14-18,20H2,1H3,(H,33,37)(H,34,35);(H,6,7)/t27-,32-;/m0./s1. The first-order chi connectivity index (χ1) is 21.0. The summed E-state index contributed by atoms with van der Waals surface area (Å²) < 4.78 is 31.7. The van der Waals surface area contributed by atoms with Gasteiger partial charge in [0.2, 0.25) is 5.91 Å². The van der Waals surface area contributed by atoms with Gasteiger partial charge >= 0.3 is 12.1 Å². The predicted octanol–water partition coefficient (Wildman–Crippen LogP) is 6.63. The highest BCUT2D eigenvalue weighted by atomic mass is 19.4. The number of carboxylic acid groups (broad SMARTS) is 1. The second kappa shape index (κ2) is 11.6. The average molecular weight is 603 g/mol. The molecule has 1 aliphatic carbocycles. The Morgan fingerprint density at radius 3 is 2.48 bits per heavy atom. The maximum Gasteiger partial charge on any atom is 0.490 e. The van der Waals surface area contributed by atoms with Crippen LogP contribution in [0.25, 0.3) is 23.1 Å². The molecule has 3 heterocycles. The zero-order valence-corrected chi connectivity index (χ0v) is 24.2. The Kier molecular flexibility index (Phi) is 7.79. The van der Waals surface area contributed by atoms with Crippen LogP contribution in [0.2, 0.25) is 0 Å². The number of carboxylic acids is 1. The number of alkyl halides is 3. The molecule has 10 heteroatoms. The van der Waals surface area contributed by atoms with Crippen molar-refractivity contribution < 1.29 is 27.9 Å². The maximum absolute atomic E-state index is 12.9. The maximum atomic E-state index is 12.9. The van der Waals surface area contributed by atoms with E-state index < -0.39 is 17.6 Å². The van der Waals surface area contributed by atoms with E-state index in [1.54, 1.807) is 0 Å². The SMILES string of the molecule is CN1CCC(Cc2ccc(C=Cc3n[nH]c4cc([C@@H]5C[C@@]56C(=O)Nc5ccccc56)ccc34)cc2)CC1.O=C(O)C(F)(F)F. The number of halogens is 3. The highest BCUT2D eigenvalue weighted by Crippen LogP contribution is 2.65. The summed E-state index contributed by atoms with van der Waals surface area (Å²) in [7, 11) is 2.22. The zero-order chi connectivity index (χ0) is 31.1. The number of anilines is 1. The number of rotatable bonds is 5. The van der Waals surface area contributed by atoms with Gasteiger partial charge in [0.05, 0.1) is 16.6 Å². The fraction of sp³-hybridized carbons (Fsp3) is 0.324. The van der Waals surface area contributed by atoms with Gasteiger partial charge in [-0.2, -0.15) is 18.3 Å². The van der Waals surface area contributed by atoms with Crippen molar-refractivity contribution in [2.24, 2.45) is 5.92 Å². The molecule has 2 aliphatic heterocycles. The van der Waals surface area contributed by atoms with Crippen LogP contribution < -0.4 is 5.32 Å². The number of H-pyrrole nitrogens is 1. The van der Waals surface area contributed by atoms with Gasteiger partial charge in [-0.1, -0.05) is 60.7 Å². The van der Waals surface area contributed by atoms with Crippen LogP contribution in [0, 0.1) is 5.92 Å². The van der Waals surface area contributed by atoms with Gasteiger partial charge in [-0.05, 0) is 92.2 Å². The van der Waals surface area contributed by atoms with Gasteiger partial charge < -0.3 is 15.3 Å². The molecule has 7 rings (SSSR count). The molecule has 0 bridgehead atoms. The van der Waals surface area contributed by atoms with Gasteiger partial charge in [-0.15, -0.1) is 0 Å². The first kappa shape index (κ1) is 29.6. The fourth-order valence-corrected chi connectivity index (χ4v) is 6.49. The number of nitrogens with zero attached hydrogens (tertiary/aromatic N) is 2. The highest BCUT2D eigenvalue weighted by Gasteiger charge is 2.65. The highest BCUT2D eigenvalue weighted by molar-refractivity contribution is 6.09. The van der Waals surface area contributed by atoms with Gasteiger partial charge in [0.15, 0.2) is 0 Å². The van der Waals surface area contributed by atoms with Gasteiger partial charge in [0.1, 0.15) is 0 Å². The van der Waals surface area contributed by atoms with E-state index in [4.69, 9.17) is 9.90 Å². The number of amides is 1. The third-order valence-corrected chi connectivity index (χ3v) is 9.06. The van der Waals surface area contributed by atoms with Crippen LogP contribution in [0.3, 0.4) is 0 Å². The number of aromatic nitrogens is 2. The van der Waals surface area contributed by atoms with Crippen molar-refractivity contribution in [1.29, 1.82) is 0 Å². The summed E-state index contributed by atoms with van der Waals surface area (Å²) in [6.45, 7) is 2.44. The van der Waals surface area contributed by atoms with E-state index in [0.717, 1.165) is 40.2 Å². The molecule has 3 aliphatic rings. The number of carbonyl (C=O) groups is 2. The number of carbonyl (C=O) groups excluding carboxylic acids is 1. The zero-order valence-electron chi connectivity index (χ0n) is 24.2. The molecule has 1 saturated heterocycles. The molecule has 3 aromatic carbocycles. The molecule has 1 aromatic heterocycles. The number of hydrogen-bond donors (Lipinski definition) is 3. The Bertz CT molecular complexity index is 1720. The van der Waals surface area contributed by atoms with Crippen molar-refractivity contribution in [1.82, 2.24) is 15.1 Å². The number of likely N-dealkylation sites (tertiary alicyclic amines) is 1. The average Bonchev–Trinajstić information content (AvgIpc) is 3.54.